The second-order valence-electron chi connectivity index (χ2n) is 5.95. The number of benzene rings is 1. The molecule has 0 amide bonds. The fourth-order valence-electron chi connectivity index (χ4n) is 2.86. The molecule has 1 saturated heterocycles. The summed E-state index contributed by atoms with van der Waals surface area (Å²) in [6.45, 7) is 4.56. The maximum Gasteiger partial charge on any atom is 0.243 e. The van der Waals surface area contributed by atoms with Crippen molar-refractivity contribution in [2.75, 3.05) is 13.1 Å². The first-order valence-corrected chi connectivity index (χ1v) is 9.96. The summed E-state index contributed by atoms with van der Waals surface area (Å²) in [5.74, 6) is 0.494. The van der Waals surface area contributed by atoms with Crippen molar-refractivity contribution in [3.8, 4) is 5.88 Å². The summed E-state index contributed by atoms with van der Waals surface area (Å²) in [4.78, 5) is 4.54. The second kappa shape index (κ2) is 6.82. The Labute approximate surface area is 150 Å². The fourth-order valence-corrected chi connectivity index (χ4v) is 4.90. The Hall–Kier alpha value is -1.44. The van der Waals surface area contributed by atoms with E-state index >= 15 is 0 Å². The molecule has 0 aliphatic carbocycles. The third-order valence-electron chi connectivity index (χ3n) is 4.06. The fraction of sp³-hybridized carbons (Fsp3) is 0.353. The van der Waals surface area contributed by atoms with Gasteiger partial charge in [0.05, 0.1) is 15.9 Å². The van der Waals surface area contributed by atoms with Crippen LogP contribution in [0.3, 0.4) is 0 Å². The molecule has 2 aromatic rings. The first-order chi connectivity index (χ1) is 11.4. The van der Waals surface area contributed by atoms with Crippen molar-refractivity contribution in [1.82, 2.24) is 9.29 Å². The van der Waals surface area contributed by atoms with Gasteiger partial charge in [0.15, 0.2) is 0 Å². The minimum absolute atomic E-state index is 0.197. The van der Waals surface area contributed by atoms with Gasteiger partial charge in [-0.25, -0.2) is 13.4 Å². The molecular formula is C17H19BrN2O3S. The third-order valence-corrected chi connectivity index (χ3v) is 6.69. The molecule has 7 heteroatoms. The smallest absolute Gasteiger partial charge is 0.243 e. The van der Waals surface area contributed by atoms with E-state index in [0.717, 1.165) is 15.6 Å². The quantitative estimate of drug-likeness (QED) is 0.775. The molecule has 2 heterocycles. The second-order valence-corrected chi connectivity index (χ2v) is 8.71. The van der Waals surface area contributed by atoms with Crippen molar-refractivity contribution in [2.45, 2.75) is 31.3 Å². The molecule has 0 N–H and O–H groups in total. The first kappa shape index (κ1) is 17.4. The lowest BCUT2D eigenvalue weighted by molar-refractivity contribution is 0.205. The number of rotatable bonds is 4. The van der Waals surface area contributed by atoms with Crippen LogP contribution in [0, 0.1) is 13.8 Å². The third kappa shape index (κ3) is 3.48. The van der Waals surface area contributed by atoms with Crippen molar-refractivity contribution in [2.24, 2.45) is 0 Å². The Morgan fingerprint density at radius 2 is 2.08 bits per heavy atom. The highest BCUT2D eigenvalue weighted by Crippen LogP contribution is 2.28. The van der Waals surface area contributed by atoms with Gasteiger partial charge in [-0.15, -0.1) is 0 Å². The molecule has 1 aliphatic heterocycles. The maximum atomic E-state index is 12.9. The van der Waals surface area contributed by atoms with E-state index in [-0.39, 0.29) is 6.10 Å². The molecule has 1 aromatic heterocycles. The van der Waals surface area contributed by atoms with E-state index in [1.54, 1.807) is 12.3 Å². The monoisotopic (exact) mass is 410 g/mol. The highest BCUT2D eigenvalue weighted by atomic mass is 79.9. The lowest BCUT2D eigenvalue weighted by Gasteiger charge is -2.18. The molecule has 1 aliphatic rings. The van der Waals surface area contributed by atoms with Gasteiger partial charge in [0.25, 0.3) is 0 Å². The van der Waals surface area contributed by atoms with Crippen molar-refractivity contribution in [1.29, 1.82) is 0 Å². The zero-order chi connectivity index (χ0) is 17.3. The van der Waals surface area contributed by atoms with Crippen LogP contribution in [0.15, 0.2) is 45.9 Å². The van der Waals surface area contributed by atoms with Crippen LogP contribution in [0.4, 0.5) is 0 Å². The summed E-state index contributed by atoms with van der Waals surface area (Å²) in [6, 6.07) is 9.06. The van der Waals surface area contributed by atoms with E-state index in [0.29, 0.717) is 30.3 Å². The summed E-state index contributed by atoms with van der Waals surface area (Å²) >= 11 is 3.39. The number of hydrogen-bond acceptors (Lipinski definition) is 4. The average molecular weight is 411 g/mol. The van der Waals surface area contributed by atoms with Gasteiger partial charge in [-0.3, -0.25) is 0 Å². The van der Waals surface area contributed by atoms with Crippen molar-refractivity contribution in [3.05, 3.63) is 52.1 Å². The van der Waals surface area contributed by atoms with E-state index in [2.05, 4.69) is 20.9 Å². The predicted molar refractivity (Wildman–Crippen MR) is 95.6 cm³/mol. The van der Waals surface area contributed by atoms with Gasteiger partial charge in [0.1, 0.15) is 6.10 Å². The predicted octanol–water partition coefficient (Wildman–Crippen LogP) is 3.30. The van der Waals surface area contributed by atoms with Crippen LogP contribution in [0.5, 0.6) is 5.88 Å². The number of ether oxygens (including phenoxy) is 1. The Kier molecular flexibility index (Phi) is 4.94. The number of sulfonamides is 1. The van der Waals surface area contributed by atoms with Gasteiger partial charge in [0, 0.05) is 12.7 Å². The van der Waals surface area contributed by atoms with E-state index < -0.39 is 10.0 Å². The topological polar surface area (TPSA) is 59.5 Å². The summed E-state index contributed by atoms with van der Waals surface area (Å²) in [5, 5.41) is 0. The van der Waals surface area contributed by atoms with Crippen LogP contribution >= 0.6 is 15.9 Å². The number of nitrogens with zero attached hydrogens (tertiary/aromatic N) is 2. The van der Waals surface area contributed by atoms with Crippen LogP contribution < -0.4 is 4.74 Å². The summed E-state index contributed by atoms with van der Waals surface area (Å²) in [7, 11) is -3.50. The van der Waals surface area contributed by atoms with E-state index in [9.17, 15) is 8.42 Å². The molecule has 0 radical (unpaired) electrons. The van der Waals surface area contributed by atoms with Crippen molar-refractivity contribution >= 4 is 26.0 Å². The normalized spacial score (nSPS) is 18.7. The maximum absolute atomic E-state index is 12.9. The van der Waals surface area contributed by atoms with Crippen LogP contribution in [-0.4, -0.2) is 36.9 Å². The molecule has 128 valence electrons. The van der Waals surface area contributed by atoms with Gasteiger partial charge in [-0.2, -0.15) is 4.31 Å². The van der Waals surface area contributed by atoms with Crippen molar-refractivity contribution < 1.29 is 13.2 Å². The number of aromatic nitrogens is 1. The Morgan fingerprint density at radius 1 is 1.29 bits per heavy atom. The lowest BCUT2D eigenvalue weighted by atomic mass is 10.2. The Bertz CT molecular complexity index is 855. The molecule has 1 unspecified atom stereocenters. The van der Waals surface area contributed by atoms with Gasteiger partial charge < -0.3 is 4.74 Å². The zero-order valence-corrected chi connectivity index (χ0v) is 16.0. The van der Waals surface area contributed by atoms with Crippen LogP contribution in [0.1, 0.15) is 17.5 Å². The molecule has 1 aromatic carbocycles. The van der Waals surface area contributed by atoms with E-state index in [1.807, 2.05) is 38.1 Å². The Morgan fingerprint density at radius 3 is 2.79 bits per heavy atom. The summed E-state index contributed by atoms with van der Waals surface area (Å²) in [6.07, 6.45) is 2.10. The minimum Gasteiger partial charge on any atom is -0.472 e. The number of aryl methyl sites for hydroxylation is 2. The molecule has 0 spiro atoms. The molecule has 0 saturated carbocycles. The highest BCUT2D eigenvalue weighted by Gasteiger charge is 2.34. The van der Waals surface area contributed by atoms with Crippen LogP contribution in [-0.2, 0) is 10.0 Å². The summed E-state index contributed by atoms with van der Waals surface area (Å²) < 4.78 is 33.9. The molecule has 1 atom stereocenters. The van der Waals surface area contributed by atoms with Crippen molar-refractivity contribution in [3.63, 3.8) is 0 Å². The molecular weight excluding hydrogens is 392 g/mol. The minimum atomic E-state index is -3.50. The number of halogens is 1. The molecule has 24 heavy (non-hydrogen) atoms. The van der Waals surface area contributed by atoms with E-state index in [4.69, 9.17) is 4.74 Å². The first-order valence-electron chi connectivity index (χ1n) is 7.72. The zero-order valence-electron chi connectivity index (χ0n) is 13.6. The number of pyridine rings is 1. The van der Waals surface area contributed by atoms with Crippen LogP contribution in [0.25, 0.3) is 0 Å². The van der Waals surface area contributed by atoms with Gasteiger partial charge >= 0.3 is 0 Å². The van der Waals surface area contributed by atoms with Gasteiger partial charge in [-0.05, 0) is 60.0 Å². The Balaban J connectivity index is 1.76. The molecule has 0 bridgehead atoms. The van der Waals surface area contributed by atoms with Crippen LogP contribution in [0.2, 0.25) is 0 Å². The van der Waals surface area contributed by atoms with Gasteiger partial charge in [-0.1, -0.05) is 17.7 Å². The molecule has 3 rings (SSSR count). The average Bonchev–Trinajstić information content (AvgIpc) is 2.98. The standard InChI is InChI=1S/C17H19BrN2O3S/c1-12-5-6-16(13(2)10-12)24(21,22)20-9-7-14(11-20)23-17-15(18)4-3-8-19-17/h3-6,8,10,14H,7,9,11H2,1-2H3. The van der Waals surface area contributed by atoms with Gasteiger partial charge in [0.2, 0.25) is 15.9 Å². The summed E-state index contributed by atoms with van der Waals surface area (Å²) in [5.41, 5.74) is 1.82. The lowest BCUT2D eigenvalue weighted by Crippen LogP contribution is -2.31. The molecule has 5 nitrogen and oxygen atoms in total. The molecule has 1 fully saturated rings. The van der Waals surface area contributed by atoms with E-state index in [1.165, 1.54) is 4.31 Å². The number of hydrogen-bond donors (Lipinski definition) is 0. The SMILES string of the molecule is Cc1ccc(S(=O)(=O)N2CCC(Oc3ncccc3Br)C2)c(C)c1. The largest absolute Gasteiger partial charge is 0.472 e. The highest BCUT2D eigenvalue weighted by molar-refractivity contribution is 9.10.